The van der Waals surface area contributed by atoms with Crippen LogP contribution in [0.5, 0.6) is 5.75 Å². The van der Waals surface area contributed by atoms with E-state index in [1.165, 1.54) is 16.5 Å². The van der Waals surface area contributed by atoms with Gasteiger partial charge in [-0.2, -0.15) is 0 Å². The smallest absolute Gasteiger partial charge is 0.119 e. The third-order valence-corrected chi connectivity index (χ3v) is 4.49. The highest BCUT2D eigenvalue weighted by Crippen LogP contribution is 2.31. The zero-order valence-electron chi connectivity index (χ0n) is 13.2. The van der Waals surface area contributed by atoms with Crippen LogP contribution in [0.25, 0.3) is 16.5 Å². The summed E-state index contributed by atoms with van der Waals surface area (Å²) in [5.74, 6) is 1.92. The molecular weight excluding hydrogens is 288 g/mol. The number of nitrogens with one attached hydrogen (secondary N) is 1. The number of aromatic amines is 1. The lowest BCUT2D eigenvalue weighted by Crippen LogP contribution is -2.27. The van der Waals surface area contributed by atoms with E-state index >= 15 is 0 Å². The monoisotopic (exact) mass is 308 g/mol. The SMILES string of the molecule is COc1ccc2[nH]cc(C3=CCN(Cc4ccco4)CC3)c2c1. The predicted molar refractivity (Wildman–Crippen MR) is 91.4 cm³/mol. The van der Waals surface area contributed by atoms with Gasteiger partial charge in [-0.15, -0.1) is 0 Å². The van der Waals surface area contributed by atoms with E-state index in [0.717, 1.165) is 43.1 Å². The van der Waals surface area contributed by atoms with Gasteiger partial charge in [-0.05, 0) is 42.3 Å². The molecule has 0 unspecified atom stereocenters. The quantitative estimate of drug-likeness (QED) is 0.790. The number of furan rings is 1. The van der Waals surface area contributed by atoms with Crippen LogP contribution in [0.3, 0.4) is 0 Å². The highest BCUT2D eigenvalue weighted by Gasteiger charge is 2.16. The van der Waals surface area contributed by atoms with Gasteiger partial charge in [-0.25, -0.2) is 0 Å². The number of fused-ring (bicyclic) bond motifs is 1. The Labute approximate surface area is 135 Å². The molecule has 0 radical (unpaired) electrons. The molecule has 1 N–H and O–H groups in total. The number of hydrogen-bond acceptors (Lipinski definition) is 3. The molecule has 0 amide bonds. The Morgan fingerprint density at radius 2 is 2.26 bits per heavy atom. The Kier molecular flexibility index (Phi) is 3.67. The van der Waals surface area contributed by atoms with Crippen molar-refractivity contribution in [2.45, 2.75) is 13.0 Å². The number of rotatable bonds is 4. The highest BCUT2D eigenvalue weighted by atomic mass is 16.5. The second kappa shape index (κ2) is 5.97. The van der Waals surface area contributed by atoms with Crippen molar-refractivity contribution in [2.75, 3.05) is 20.2 Å². The third-order valence-electron chi connectivity index (χ3n) is 4.49. The van der Waals surface area contributed by atoms with Gasteiger partial charge in [-0.3, -0.25) is 4.90 Å². The molecule has 4 rings (SSSR count). The van der Waals surface area contributed by atoms with Gasteiger partial charge < -0.3 is 14.1 Å². The third kappa shape index (κ3) is 2.78. The average molecular weight is 308 g/mol. The van der Waals surface area contributed by atoms with E-state index in [-0.39, 0.29) is 0 Å². The largest absolute Gasteiger partial charge is 0.497 e. The summed E-state index contributed by atoms with van der Waals surface area (Å²) in [5, 5.41) is 1.23. The van der Waals surface area contributed by atoms with Gasteiger partial charge in [0.15, 0.2) is 0 Å². The number of methoxy groups -OCH3 is 1. The van der Waals surface area contributed by atoms with Gasteiger partial charge in [0, 0.05) is 35.8 Å². The summed E-state index contributed by atoms with van der Waals surface area (Å²) in [6, 6.07) is 10.1. The molecule has 0 bridgehead atoms. The van der Waals surface area contributed by atoms with Crippen molar-refractivity contribution in [2.24, 2.45) is 0 Å². The van der Waals surface area contributed by atoms with Crippen LogP contribution in [0.1, 0.15) is 17.7 Å². The van der Waals surface area contributed by atoms with Gasteiger partial charge in [0.1, 0.15) is 11.5 Å². The molecule has 3 heterocycles. The molecule has 4 heteroatoms. The molecular formula is C19H20N2O2. The fourth-order valence-corrected chi connectivity index (χ4v) is 3.21. The Bertz CT molecular complexity index is 830. The maximum absolute atomic E-state index is 5.44. The topological polar surface area (TPSA) is 41.4 Å². The van der Waals surface area contributed by atoms with Gasteiger partial charge >= 0.3 is 0 Å². The number of hydrogen-bond donors (Lipinski definition) is 1. The van der Waals surface area contributed by atoms with Crippen molar-refractivity contribution in [1.82, 2.24) is 9.88 Å². The molecule has 0 aliphatic carbocycles. The average Bonchev–Trinajstić information content (AvgIpc) is 3.24. The van der Waals surface area contributed by atoms with Gasteiger partial charge in [0.25, 0.3) is 0 Å². The first-order valence-electron chi connectivity index (χ1n) is 7.93. The highest BCUT2D eigenvalue weighted by molar-refractivity contribution is 5.93. The van der Waals surface area contributed by atoms with Crippen molar-refractivity contribution in [1.29, 1.82) is 0 Å². The molecule has 1 aromatic carbocycles. The minimum absolute atomic E-state index is 0.873. The van der Waals surface area contributed by atoms with Gasteiger partial charge in [-0.1, -0.05) is 6.08 Å². The molecule has 0 atom stereocenters. The Balaban J connectivity index is 1.56. The van der Waals surface area contributed by atoms with Crippen LogP contribution in [0.15, 0.2) is 53.3 Å². The molecule has 1 aliphatic rings. The molecule has 118 valence electrons. The van der Waals surface area contributed by atoms with Crippen LogP contribution in [-0.2, 0) is 6.54 Å². The number of benzene rings is 1. The lowest BCUT2D eigenvalue weighted by atomic mass is 9.99. The first-order chi connectivity index (χ1) is 11.3. The second-order valence-electron chi connectivity index (χ2n) is 5.91. The lowest BCUT2D eigenvalue weighted by molar-refractivity contribution is 0.267. The summed E-state index contributed by atoms with van der Waals surface area (Å²) in [6.07, 6.45) is 7.22. The molecule has 2 aromatic heterocycles. The normalized spacial score (nSPS) is 15.8. The number of nitrogens with zero attached hydrogens (tertiary/aromatic N) is 1. The van der Waals surface area contributed by atoms with Crippen LogP contribution in [0.4, 0.5) is 0 Å². The maximum atomic E-state index is 5.44. The number of ether oxygens (including phenoxy) is 1. The fraction of sp³-hybridized carbons (Fsp3) is 0.263. The van der Waals surface area contributed by atoms with Gasteiger partial charge in [0.05, 0.1) is 19.9 Å². The summed E-state index contributed by atoms with van der Waals surface area (Å²) in [5.41, 5.74) is 3.84. The first kappa shape index (κ1) is 14.2. The van der Waals surface area contributed by atoms with Crippen LogP contribution in [-0.4, -0.2) is 30.1 Å². The van der Waals surface area contributed by atoms with Crippen LogP contribution in [0, 0.1) is 0 Å². The van der Waals surface area contributed by atoms with Crippen molar-refractivity contribution >= 4 is 16.5 Å². The first-order valence-corrected chi connectivity index (χ1v) is 7.93. The summed E-state index contributed by atoms with van der Waals surface area (Å²) in [6.45, 7) is 2.87. The zero-order chi connectivity index (χ0) is 15.6. The maximum Gasteiger partial charge on any atom is 0.119 e. The summed E-state index contributed by atoms with van der Waals surface area (Å²) < 4.78 is 10.8. The van der Waals surface area contributed by atoms with Crippen molar-refractivity contribution < 1.29 is 9.15 Å². The molecule has 0 saturated carbocycles. The van der Waals surface area contributed by atoms with Crippen LogP contribution in [0.2, 0.25) is 0 Å². The van der Waals surface area contributed by atoms with Crippen LogP contribution >= 0.6 is 0 Å². The molecule has 3 aromatic rings. The van der Waals surface area contributed by atoms with E-state index in [4.69, 9.17) is 9.15 Å². The molecule has 0 spiro atoms. The molecule has 0 saturated heterocycles. The molecule has 4 nitrogen and oxygen atoms in total. The van der Waals surface area contributed by atoms with E-state index < -0.39 is 0 Å². The minimum atomic E-state index is 0.873. The lowest BCUT2D eigenvalue weighted by Gasteiger charge is -2.25. The number of aromatic nitrogens is 1. The molecule has 1 aliphatic heterocycles. The standard InChI is InChI=1S/C19H20N2O2/c1-22-15-4-5-19-17(11-15)18(12-20-19)14-6-8-21(9-7-14)13-16-3-2-10-23-16/h2-6,10-12,20H,7-9,13H2,1H3. The van der Waals surface area contributed by atoms with Crippen molar-refractivity contribution in [3.63, 3.8) is 0 Å². The van der Waals surface area contributed by atoms with Gasteiger partial charge in [0.2, 0.25) is 0 Å². The van der Waals surface area contributed by atoms with Crippen molar-refractivity contribution in [3.05, 3.63) is 60.2 Å². The summed E-state index contributed by atoms with van der Waals surface area (Å²) >= 11 is 0. The zero-order valence-corrected chi connectivity index (χ0v) is 13.2. The Morgan fingerprint density at radius 3 is 3.00 bits per heavy atom. The van der Waals surface area contributed by atoms with E-state index in [9.17, 15) is 0 Å². The van der Waals surface area contributed by atoms with Crippen molar-refractivity contribution in [3.8, 4) is 5.75 Å². The number of H-pyrrole nitrogens is 1. The Morgan fingerprint density at radius 1 is 1.30 bits per heavy atom. The molecule has 23 heavy (non-hydrogen) atoms. The van der Waals surface area contributed by atoms with Crippen LogP contribution < -0.4 is 4.74 Å². The summed E-state index contributed by atoms with van der Waals surface area (Å²) in [4.78, 5) is 5.76. The molecule has 0 fully saturated rings. The predicted octanol–water partition coefficient (Wildman–Crippen LogP) is 4.06. The van der Waals surface area contributed by atoms with E-state index in [1.807, 2.05) is 18.2 Å². The summed E-state index contributed by atoms with van der Waals surface area (Å²) in [7, 11) is 1.71. The minimum Gasteiger partial charge on any atom is -0.497 e. The van der Waals surface area contributed by atoms with E-state index in [2.05, 4.69) is 34.3 Å². The van der Waals surface area contributed by atoms with E-state index in [1.54, 1.807) is 13.4 Å². The second-order valence-corrected chi connectivity index (χ2v) is 5.91. The Hall–Kier alpha value is -2.46. The van der Waals surface area contributed by atoms with E-state index in [0.29, 0.717) is 0 Å². The fourth-order valence-electron chi connectivity index (χ4n) is 3.21.